The van der Waals surface area contributed by atoms with Crippen LogP contribution in [0, 0.1) is 5.92 Å². The summed E-state index contributed by atoms with van der Waals surface area (Å²) < 4.78 is 22.4. The second-order valence-corrected chi connectivity index (χ2v) is 15.5. The monoisotopic (exact) mass is 739 g/mol. The van der Waals surface area contributed by atoms with Crippen LogP contribution in [0.1, 0.15) is 77.6 Å². The minimum absolute atomic E-state index is 0.142. The number of carbonyl (C=O) groups is 3. The van der Waals surface area contributed by atoms with Gasteiger partial charge in [0.2, 0.25) is 5.91 Å². The van der Waals surface area contributed by atoms with Gasteiger partial charge in [0.15, 0.2) is 5.79 Å². The number of amides is 3. The van der Waals surface area contributed by atoms with Crippen molar-refractivity contribution in [1.82, 2.24) is 35.1 Å². The molecule has 0 aliphatic carbocycles. The van der Waals surface area contributed by atoms with Gasteiger partial charge in [0.25, 0.3) is 0 Å². The maximum atomic E-state index is 13.9. The fourth-order valence-electron chi connectivity index (χ4n) is 7.48. The number of likely N-dealkylation sites (tertiary alicyclic amines) is 2. The molecule has 2 aromatic carbocycles. The van der Waals surface area contributed by atoms with Crippen LogP contribution in [-0.4, -0.2) is 98.7 Å². The van der Waals surface area contributed by atoms with Gasteiger partial charge in [-0.3, -0.25) is 9.69 Å². The summed E-state index contributed by atoms with van der Waals surface area (Å²) in [6.07, 6.45) is 4.76. The summed E-state index contributed by atoms with van der Waals surface area (Å²) in [7, 11) is 1.27. The van der Waals surface area contributed by atoms with E-state index >= 15 is 0 Å². The lowest BCUT2D eigenvalue weighted by Gasteiger charge is -2.30. The van der Waals surface area contributed by atoms with E-state index in [0.29, 0.717) is 32.0 Å². The lowest BCUT2D eigenvalue weighted by atomic mass is 10.0. The van der Waals surface area contributed by atoms with E-state index in [0.717, 1.165) is 52.3 Å². The number of hydrogen-bond acceptors (Lipinski definition) is 9. The van der Waals surface area contributed by atoms with Gasteiger partial charge in [-0.1, -0.05) is 62.4 Å². The number of nitrogens with one attached hydrogen (secondary N) is 3. The third-order valence-electron chi connectivity index (χ3n) is 10.2. The molecule has 3 aliphatic heterocycles. The average Bonchev–Trinajstić information content (AvgIpc) is 4.00. The van der Waals surface area contributed by atoms with Gasteiger partial charge in [-0.2, -0.15) is 0 Å². The summed E-state index contributed by atoms with van der Waals surface area (Å²) in [5, 5.41) is 2.69. The minimum Gasteiger partial charge on any atom is -0.453 e. The van der Waals surface area contributed by atoms with Gasteiger partial charge < -0.3 is 39.1 Å². The third kappa shape index (κ3) is 7.71. The van der Waals surface area contributed by atoms with Crippen molar-refractivity contribution in [3.63, 3.8) is 0 Å². The lowest BCUT2D eigenvalue weighted by Crippen LogP contribution is -2.52. The Labute approximate surface area is 314 Å². The minimum atomic E-state index is -0.921. The van der Waals surface area contributed by atoms with Gasteiger partial charge in [-0.25, -0.2) is 19.6 Å². The Morgan fingerprint density at radius 2 is 1.39 bits per heavy atom. The molecule has 14 nitrogen and oxygen atoms in total. The first-order chi connectivity index (χ1) is 25.8. The summed E-state index contributed by atoms with van der Waals surface area (Å²) in [4.78, 5) is 58.5. The molecule has 3 atom stereocenters. The van der Waals surface area contributed by atoms with Crippen molar-refractivity contribution >= 4 is 18.1 Å². The smallest absolute Gasteiger partial charge is 0.410 e. The third-order valence-corrected chi connectivity index (χ3v) is 10.2. The van der Waals surface area contributed by atoms with Crippen LogP contribution in [0.4, 0.5) is 9.59 Å². The Bertz CT molecular complexity index is 1960. The van der Waals surface area contributed by atoms with Gasteiger partial charge in [-0.15, -0.1) is 0 Å². The number of hydrogen-bond donors (Lipinski definition) is 3. The number of rotatable bonds is 8. The molecule has 0 radical (unpaired) electrons. The number of ether oxygens (including phenoxy) is 4. The number of benzene rings is 2. The summed E-state index contributed by atoms with van der Waals surface area (Å²) in [6.45, 7) is 11.1. The van der Waals surface area contributed by atoms with E-state index in [1.54, 1.807) is 16.0 Å². The number of imidazole rings is 2. The maximum Gasteiger partial charge on any atom is 0.410 e. The molecule has 14 heteroatoms. The quantitative estimate of drug-likeness (QED) is 0.181. The Kier molecular flexibility index (Phi) is 10.2. The van der Waals surface area contributed by atoms with Crippen LogP contribution in [0.2, 0.25) is 0 Å². The van der Waals surface area contributed by atoms with Gasteiger partial charge in [-0.05, 0) is 61.8 Å². The molecule has 7 rings (SSSR count). The first-order valence-electron chi connectivity index (χ1n) is 18.6. The maximum absolute atomic E-state index is 13.9. The van der Waals surface area contributed by atoms with E-state index in [2.05, 4.69) is 56.7 Å². The van der Waals surface area contributed by atoms with Crippen molar-refractivity contribution < 1.29 is 33.3 Å². The predicted octanol–water partition coefficient (Wildman–Crippen LogP) is 6.60. The van der Waals surface area contributed by atoms with Crippen molar-refractivity contribution in [3.8, 4) is 33.6 Å². The standard InChI is InChI=1S/C40H49N7O7/c1-24(2)33(45-37(49)51-6)36(48)47-23-40(52-18-19-53-40)20-32(47)35-42-22-30(44-35)28-15-11-26(12-16-28)25-9-13-27(14-10-25)29-21-41-34(43-29)31-8-7-17-46(31)38(50)54-39(3,4)5/h9-16,21-22,24,31-33H,7-8,17-20,23H2,1-6H3,(H,41,43)(H,42,44)(H,45,49)/t31-,32?,33-/m0/s1. The summed E-state index contributed by atoms with van der Waals surface area (Å²) in [6, 6.07) is 15.1. The first-order valence-corrected chi connectivity index (χ1v) is 18.6. The normalized spacial score (nSPS) is 20.1. The molecule has 3 fully saturated rings. The second-order valence-electron chi connectivity index (χ2n) is 15.5. The van der Waals surface area contributed by atoms with Gasteiger partial charge >= 0.3 is 12.2 Å². The van der Waals surface area contributed by atoms with E-state index in [-0.39, 0.29) is 30.5 Å². The van der Waals surface area contributed by atoms with Crippen molar-refractivity contribution in [3.05, 3.63) is 72.6 Å². The average molecular weight is 740 g/mol. The summed E-state index contributed by atoms with van der Waals surface area (Å²) in [5.41, 5.74) is 5.19. The van der Waals surface area contributed by atoms with Crippen LogP contribution in [0.15, 0.2) is 60.9 Å². The Morgan fingerprint density at radius 3 is 1.91 bits per heavy atom. The van der Waals surface area contributed by atoms with Gasteiger partial charge in [0, 0.05) is 13.0 Å². The molecular formula is C40H49N7O7. The van der Waals surface area contributed by atoms with E-state index in [9.17, 15) is 14.4 Å². The topological polar surface area (TPSA) is 164 Å². The molecule has 0 saturated carbocycles. The van der Waals surface area contributed by atoms with E-state index in [1.165, 1.54) is 7.11 Å². The first kappa shape index (κ1) is 37.1. The molecular weight excluding hydrogens is 690 g/mol. The highest BCUT2D eigenvalue weighted by molar-refractivity contribution is 5.86. The summed E-state index contributed by atoms with van der Waals surface area (Å²) in [5.74, 6) is 0.0194. The summed E-state index contributed by atoms with van der Waals surface area (Å²) >= 11 is 0. The van der Waals surface area contributed by atoms with Gasteiger partial charge in [0.1, 0.15) is 23.3 Å². The number of alkyl carbamates (subject to hydrolysis) is 1. The zero-order chi connectivity index (χ0) is 38.2. The van der Waals surface area contributed by atoms with Gasteiger partial charge in [0.05, 0.1) is 62.7 Å². The van der Waals surface area contributed by atoms with E-state index < -0.39 is 29.6 Å². The molecule has 3 N–H and O–H groups in total. The fraction of sp³-hybridized carbons (Fsp3) is 0.475. The number of methoxy groups -OCH3 is 1. The second kappa shape index (κ2) is 14.9. The van der Waals surface area contributed by atoms with Crippen LogP contribution in [0.5, 0.6) is 0 Å². The molecule has 5 heterocycles. The van der Waals surface area contributed by atoms with Crippen molar-refractivity contribution in [2.45, 2.75) is 83.4 Å². The van der Waals surface area contributed by atoms with Crippen molar-refractivity contribution in [1.29, 1.82) is 0 Å². The highest BCUT2D eigenvalue weighted by Gasteiger charge is 2.52. The van der Waals surface area contributed by atoms with E-state index in [1.807, 2.05) is 52.9 Å². The number of nitrogens with zero attached hydrogens (tertiary/aromatic N) is 4. The molecule has 3 amide bonds. The van der Waals surface area contributed by atoms with Crippen LogP contribution < -0.4 is 5.32 Å². The SMILES string of the molecule is COC(=O)N[C@H](C(=O)N1CC2(CC1c1ncc(-c3ccc(-c4ccc(-c5cnc([C@@H]6CCCN6C(=O)OC(C)(C)C)[nH]5)cc4)cc3)[nH]1)OCCO2)C(C)C. The molecule has 2 aromatic heterocycles. The molecule has 0 bridgehead atoms. The zero-order valence-corrected chi connectivity index (χ0v) is 31.7. The molecule has 3 saturated heterocycles. The Balaban J connectivity index is 1.04. The fourth-order valence-corrected chi connectivity index (χ4v) is 7.48. The zero-order valence-electron chi connectivity index (χ0n) is 31.7. The van der Waals surface area contributed by atoms with E-state index in [4.69, 9.17) is 23.9 Å². The highest BCUT2D eigenvalue weighted by atomic mass is 16.7. The molecule has 1 unspecified atom stereocenters. The molecule has 1 spiro atoms. The lowest BCUT2D eigenvalue weighted by molar-refractivity contribution is -0.153. The number of aromatic amines is 2. The van der Waals surface area contributed by atoms with Crippen molar-refractivity contribution in [2.24, 2.45) is 5.92 Å². The molecule has 4 aromatic rings. The number of carbonyl (C=O) groups excluding carboxylic acids is 3. The Hall–Kier alpha value is -5.21. The van der Waals surface area contributed by atoms with Crippen LogP contribution in [0.25, 0.3) is 33.6 Å². The van der Waals surface area contributed by atoms with Crippen LogP contribution in [-0.2, 0) is 23.7 Å². The largest absolute Gasteiger partial charge is 0.453 e. The molecule has 3 aliphatic rings. The predicted molar refractivity (Wildman–Crippen MR) is 200 cm³/mol. The van der Waals surface area contributed by atoms with Crippen LogP contribution >= 0.6 is 0 Å². The molecule has 54 heavy (non-hydrogen) atoms. The Morgan fingerprint density at radius 1 is 0.852 bits per heavy atom. The number of H-pyrrole nitrogens is 2. The van der Waals surface area contributed by atoms with Crippen molar-refractivity contribution in [2.75, 3.05) is 33.4 Å². The highest BCUT2D eigenvalue weighted by Crippen LogP contribution is 2.43. The molecule has 286 valence electrons. The number of aromatic nitrogens is 4. The van der Waals surface area contributed by atoms with Crippen LogP contribution in [0.3, 0.4) is 0 Å².